The first-order valence-corrected chi connectivity index (χ1v) is 3.75. The second-order valence-electron chi connectivity index (χ2n) is 3.09. The third-order valence-electron chi connectivity index (χ3n) is 2.56. The number of hydrogen-bond donors (Lipinski definition) is 0. The molecule has 0 radical (unpaired) electrons. The van der Waals surface area contributed by atoms with Crippen LogP contribution in [0.25, 0.3) is 6.08 Å². The summed E-state index contributed by atoms with van der Waals surface area (Å²) in [5, 5.41) is 0. The van der Waals surface area contributed by atoms with Gasteiger partial charge < -0.3 is 0 Å². The van der Waals surface area contributed by atoms with Gasteiger partial charge in [0.1, 0.15) is 0 Å². The number of hydrogen-bond acceptors (Lipinski definition) is 0. The van der Waals surface area contributed by atoms with E-state index < -0.39 is 0 Å². The molecule has 0 nitrogen and oxygen atoms in total. The van der Waals surface area contributed by atoms with Crippen LogP contribution in [0.3, 0.4) is 0 Å². The molecule has 10 heavy (non-hydrogen) atoms. The average molecular weight is 128 g/mol. The molecule has 0 saturated carbocycles. The van der Waals surface area contributed by atoms with E-state index in [1.54, 1.807) is 11.1 Å². The van der Waals surface area contributed by atoms with Gasteiger partial charge in [-0.05, 0) is 23.1 Å². The Morgan fingerprint density at radius 2 is 2.30 bits per heavy atom. The molecule has 1 aromatic carbocycles. The summed E-state index contributed by atoms with van der Waals surface area (Å²) in [7, 11) is 0. The van der Waals surface area contributed by atoms with Crippen LogP contribution in [0.4, 0.5) is 0 Å². The zero-order chi connectivity index (χ0) is 6.55. The SMILES string of the molecule is C1=CC2Cc3cccc2c31. The summed E-state index contributed by atoms with van der Waals surface area (Å²) in [6.07, 6.45) is 5.84. The highest BCUT2D eigenvalue weighted by Crippen LogP contribution is 2.41. The van der Waals surface area contributed by atoms with Gasteiger partial charge >= 0.3 is 0 Å². The minimum absolute atomic E-state index is 0.736. The molecular formula is C10H8. The molecular weight excluding hydrogens is 120 g/mol. The molecule has 48 valence electrons. The van der Waals surface area contributed by atoms with Crippen LogP contribution < -0.4 is 0 Å². The van der Waals surface area contributed by atoms with Crippen LogP contribution >= 0.6 is 0 Å². The van der Waals surface area contributed by atoms with E-state index in [1.165, 1.54) is 12.0 Å². The predicted octanol–water partition coefficient (Wildman–Crippen LogP) is 2.35. The molecule has 0 N–H and O–H groups in total. The lowest BCUT2D eigenvalue weighted by Crippen LogP contribution is -1.87. The van der Waals surface area contributed by atoms with Gasteiger partial charge in [-0.2, -0.15) is 0 Å². The van der Waals surface area contributed by atoms with Crippen molar-refractivity contribution in [2.45, 2.75) is 12.3 Å². The smallest absolute Gasteiger partial charge is 0.00679 e. The van der Waals surface area contributed by atoms with E-state index >= 15 is 0 Å². The van der Waals surface area contributed by atoms with Crippen LogP contribution in [0.15, 0.2) is 24.3 Å². The van der Waals surface area contributed by atoms with E-state index in [0.29, 0.717) is 0 Å². The van der Waals surface area contributed by atoms with Crippen LogP contribution in [-0.2, 0) is 6.42 Å². The Morgan fingerprint density at radius 3 is 3.10 bits per heavy atom. The minimum Gasteiger partial charge on any atom is -0.0760 e. The molecule has 0 spiro atoms. The normalized spacial score (nSPS) is 24.2. The summed E-state index contributed by atoms with van der Waals surface area (Å²) >= 11 is 0. The first-order valence-electron chi connectivity index (χ1n) is 3.75. The number of benzene rings is 1. The molecule has 1 atom stereocenters. The Morgan fingerprint density at radius 1 is 1.30 bits per heavy atom. The van der Waals surface area contributed by atoms with Gasteiger partial charge in [0.05, 0.1) is 0 Å². The van der Waals surface area contributed by atoms with Crippen LogP contribution in [0, 0.1) is 0 Å². The van der Waals surface area contributed by atoms with E-state index in [2.05, 4.69) is 30.4 Å². The molecule has 0 aliphatic heterocycles. The highest BCUT2D eigenvalue weighted by atomic mass is 14.3. The van der Waals surface area contributed by atoms with Crippen LogP contribution in [0.1, 0.15) is 22.6 Å². The fourth-order valence-corrected chi connectivity index (χ4v) is 2.07. The summed E-state index contributed by atoms with van der Waals surface area (Å²) in [4.78, 5) is 0. The molecule has 2 aliphatic rings. The minimum atomic E-state index is 0.736. The van der Waals surface area contributed by atoms with Gasteiger partial charge in [-0.15, -0.1) is 0 Å². The highest BCUT2D eigenvalue weighted by molar-refractivity contribution is 5.70. The van der Waals surface area contributed by atoms with Gasteiger partial charge in [0.2, 0.25) is 0 Å². The topological polar surface area (TPSA) is 0 Å². The molecule has 1 aromatic rings. The van der Waals surface area contributed by atoms with E-state index in [9.17, 15) is 0 Å². The van der Waals surface area contributed by atoms with Crippen molar-refractivity contribution in [2.75, 3.05) is 0 Å². The quantitative estimate of drug-likeness (QED) is 0.503. The Kier molecular flexibility index (Phi) is 0.634. The van der Waals surface area contributed by atoms with Gasteiger partial charge in [0, 0.05) is 5.92 Å². The molecule has 0 heteroatoms. The van der Waals surface area contributed by atoms with Gasteiger partial charge in [-0.3, -0.25) is 0 Å². The Labute approximate surface area is 60.2 Å². The second kappa shape index (κ2) is 1.34. The van der Waals surface area contributed by atoms with Gasteiger partial charge in [0.25, 0.3) is 0 Å². The Hall–Kier alpha value is -1.04. The van der Waals surface area contributed by atoms with Crippen LogP contribution in [0.2, 0.25) is 0 Å². The van der Waals surface area contributed by atoms with E-state index in [4.69, 9.17) is 0 Å². The van der Waals surface area contributed by atoms with E-state index in [1.807, 2.05) is 0 Å². The highest BCUT2D eigenvalue weighted by Gasteiger charge is 2.26. The average Bonchev–Trinajstić information content (AvgIpc) is 2.44. The molecule has 4 bridgehead atoms. The molecule has 0 aromatic heterocycles. The van der Waals surface area contributed by atoms with Crippen molar-refractivity contribution in [3.8, 4) is 0 Å². The molecule has 0 heterocycles. The van der Waals surface area contributed by atoms with Gasteiger partial charge in [-0.1, -0.05) is 30.4 Å². The first kappa shape index (κ1) is 4.73. The fraction of sp³-hybridized carbons (Fsp3) is 0.200. The second-order valence-corrected chi connectivity index (χ2v) is 3.09. The largest absolute Gasteiger partial charge is 0.0760 e. The molecule has 1 unspecified atom stereocenters. The van der Waals surface area contributed by atoms with Crippen molar-refractivity contribution in [1.29, 1.82) is 0 Å². The lowest BCUT2D eigenvalue weighted by molar-refractivity contribution is 0.895. The van der Waals surface area contributed by atoms with E-state index in [-0.39, 0.29) is 0 Å². The zero-order valence-electron chi connectivity index (χ0n) is 5.67. The summed E-state index contributed by atoms with van der Waals surface area (Å²) < 4.78 is 0. The Balaban J connectivity index is 2.47. The summed E-state index contributed by atoms with van der Waals surface area (Å²) in [5.74, 6) is 0.736. The summed E-state index contributed by atoms with van der Waals surface area (Å²) in [6.45, 7) is 0. The van der Waals surface area contributed by atoms with Crippen molar-refractivity contribution in [1.82, 2.24) is 0 Å². The third-order valence-corrected chi connectivity index (χ3v) is 2.56. The lowest BCUT2D eigenvalue weighted by atomic mass is 10.0. The number of rotatable bonds is 0. The monoisotopic (exact) mass is 128 g/mol. The fourth-order valence-electron chi connectivity index (χ4n) is 2.07. The number of allylic oxidation sites excluding steroid dienone is 1. The molecule has 3 rings (SSSR count). The molecule has 0 amide bonds. The first-order chi connectivity index (χ1) is 4.95. The lowest BCUT2D eigenvalue weighted by Gasteiger charge is -1.99. The summed E-state index contributed by atoms with van der Waals surface area (Å²) in [5.41, 5.74) is 4.61. The van der Waals surface area contributed by atoms with Crippen molar-refractivity contribution >= 4 is 6.08 Å². The van der Waals surface area contributed by atoms with Crippen molar-refractivity contribution in [3.05, 3.63) is 41.0 Å². The maximum Gasteiger partial charge on any atom is 0.00679 e. The van der Waals surface area contributed by atoms with Crippen LogP contribution in [0.5, 0.6) is 0 Å². The maximum absolute atomic E-state index is 2.32. The molecule has 2 aliphatic carbocycles. The third kappa shape index (κ3) is 0.367. The van der Waals surface area contributed by atoms with Gasteiger partial charge in [-0.25, -0.2) is 0 Å². The predicted molar refractivity (Wildman–Crippen MR) is 41.9 cm³/mol. The standard InChI is InChI=1S/C10H8/c1-2-7-6-8-4-5-10(7)9(8)3-1/h1-5,8H,6H2. The Bertz CT molecular complexity index is 321. The maximum atomic E-state index is 2.32. The summed E-state index contributed by atoms with van der Waals surface area (Å²) in [6, 6.07) is 6.65. The van der Waals surface area contributed by atoms with Crippen LogP contribution in [-0.4, -0.2) is 0 Å². The van der Waals surface area contributed by atoms with Crippen molar-refractivity contribution < 1.29 is 0 Å². The van der Waals surface area contributed by atoms with Crippen molar-refractivity contribution in [3.63, 3.8) is 0 Å². The molecule has 0 saturated heterocycles. The van der Waals surface area contributed by atoms with Crippen molar-refractivity contribution in [2.24, 2.45) is 0 Å². The van der Waals surface area contributed by atoms with E-state index in [0.717, 1.165) is 5.92 Å². The van der Waals surface area contributed by atoms with Gasteiger partial charge in [0.15, 0.2) is 0 Å². The molecule has 0 fully saturated rings. The zero-order valence-corrected chi connectivity index (χ0v) is 5.67.